The topological polar surface area (TPSA) is 62.6 Å². The highest BCUT2D eigenvalue weighted by atomic mass is 32.2. The Morgan fingerprint density at radius 1 is 1.04 bits per heavy atom. The minimum absolute atomic E-state index is 0.0404. The minimum atomic E-state index is -3.49. The van der Waals surface area contributed by atoms with Crippen LogP contribution in [0, 0.1) is 6.92 Å². The summed E-state index contributed by atoms with van der Waals surface area (Å²) in [5, 5.41) is 0. The van der Waals surface area contributed by atoms with E-state index in [4.69, 9.17) is 0 Å². The fourth-order valence-corrected chi connectivity index (χ4v) is 4.41. The number of sulfonamides is 1. The molecule has 0 atom stereocenters. The van der Waals surface area contributed by atoms with Crippen molar-refractivity contribution < 1.29 is 13.2 Å². The van der Waals surface area contributed by atoms with Crippen LogP contribution in [0.4, 0.5) is 0 Å². The van der Waals surface area contributed by atoms with Crippen LogP contribution in [-0.4, -0.2) is 54.3 Å². The second-order valence-electron chi connectivity index (χ2n) is 6.46. The third-order valence-electron chi connectivity index (χ3n) is 4.50. The second kappa shape index (κ2) is 7.01. The number of carbonyl (C=O) groups is 1. The molecule has 1 amide bonds. The summed E-state index contributed by atoms with van der Waals surface area (Å²) in [7, 11) is -1.57. The summed E-state index contributed by atoms with van der Waals surface area (Å²) in [6.07, 6.45) is 4.19. The summed E-state index contributed by atoms with van der Waals surface area (Å²) in [5.74, 6) is 0.0404. The molecular formula is C18H23N3O3S. The third kappa shape index (κ3) is 3.93. The number of piperazine rings is 1. The van der Waals surface area contributed by atoms with E-state index in [9.17, 15) is 13.2 Å². The van der Waals surface area contributed by atoms with Crippen LogP contribution in [0.2, 0.25) is 0 Å². The molecule has 134 valence electrons. The molecule has 3 rings (SSSR count). The Hall–Kier alpha value is -2.12. The van der Waals surface area contributed by atoms with Crippen molar-refractivity contribution in [3.05, 3.63) is 53.9 Å². The molecule has 0 N–H and O–H groups in total. The van der Waals surface area contributed by atoms with Crippen molar-refractivity contribution >= 4 is 15.9 Å². The van der Waals surface area contributed by atoms with Crippen LogP contribution in [0.25, 0.3) is 0 Å². The van der Waals surface area contributed by atoms with Crippen molar-refractivity contribution in [1.82, 2.24) is 13.8 Å². The van der Waals surface area contributed by atoms with Crippen LogP contribution in [0.1, 0.15) is 11.1 Å². The fraction of sp³-hybridized carbons (Fsp3) is 0.389. The number of nitrogens with zero attached hydrogens (tertiary/aromatic N) is 3. The molecule has 1 aliphatic rings. The Labute approximate surface area is 148 Å². The largest absolute Gasteiger partial charge is 0.357 e. The van der Waals surface area contributed by atoms with Gasteiger partial charge in [0, 0.05) is 45.6 Å². The monoisotopic (exact) mass is 361 g/mol. The highest BCUT2D eigenvalue weighted by Crippen LogP contribution is 2.18. The lowest BCUT2D eigenvalue weighted by Gasteiger charge is -2.34. The van der Waals surface area contributed by atoms with Crippen LogP contribution in [-0.2, 0) is 28.3 Å². The predicted molar refractivity (Wildman–Crippen MR) is 95.6 cm³/mol. The van der Waals surface area contributed by atoms with Crippen LogP contribution in [0.3, 0.4) is 0 Å². The third-order valence-corrected chi connectivity index (χ3v) is 6.41. The molecule has 6 nitrogen and oxygen atoms in total. The highest BCUT2D eigenvalue weighted by Gasteiger charge is 2.30. The molecule has 0 aliphatic carbocycles. The van der Waals surface area contributed by atoms with Gasteiger partial charge in [-0.2, -0.15) is 4.31 Å². The van der Waals surface area contributed by atoms with Crippen LogP contribution >= 0.6 is 0 Å². The minimum Gasteiger partial charge on any atom is -0.357 e. The zero-order valence-corrected chi connectivity index (χ0v) is 15.4. The molecule has 0 saturated carbocycles. The molecule has 2 heterocycles. The number of aryl methyl sites for hydroxylation is 2. The van der Waals surface area contributed by atoms with Gasteiger partial charge in [-0.3, -0.25) is 4.79 Å². The van der Waals surface area contributed by atoms with Crippen molar-refractivity contribution in [3.8, 4) is 0 Å². The number of carbonyl (C=O) groups excluding carboxylic acids is 1. The maximum Gasteiger partial charge on any atom is 0.243 e. The fourth-order valence-electron chi connectivity index (χ4n) is 2.99. The Balaban J connectivity index is 1.61. The molecule has 1 fully saturated rings. The lowest BCUT2D eigenvalue weighted by atomic mass is 10.2. The molecule has 0 spiro atoms. The zero-order chi connectivity index (χ0) is 18.0. The summed E-state index contributed by atoms with van der Waals surface area (Å²) < 4.78 is 28.8. The van der Waals surface area contributed by atoms with Gasteiger partial charge in [-0.25, -0.2) is 8.42 Å². The molecule has 25 heavy (non-hydrogen) atoms. The lowest BCUT2D eigenvalue weighted by Crippen LogP contribution is -2.50. The smallest absolute Gasteiger partial charge is 0.243 e. The van der Waals surface area contributed by atoms with Gasteiger partial charge >= 0.3 is 0 Å². The first kappa shape index (κ1) is 17.7. The Morgan fingerprint density at radius 2 is 1.68 bits per heavy atom. The number of benzene rings is 1. The van der Waals surface area contributed by atoms with Gasteiger partial charge in [0.1, 0.15) is 0 Å². The molecule has 0 bridgehead atoms. The van der Waals surface area contributed by atoms with Crippen molar-refractivity contribution in [2.24, 2.45) is 7.05 Å². The van der Waals surface area contributed by atoms with E-state index >= 15 is 0 Å². The molecule has 7 heteroatoms. The Bertz CT molecular complexity index is 848. The highest BCUT2D eigenvalue weighted by molar-refractivity contribution is 7.89. The molecule has 1 aliphatic heterocycles. The average molecular weight is 361 g/mol. The summed E-state index contributed by atoms with van der Waals surface area (Å²) in [5.41, 5.74) is 2.00. The number of hydrogen-bond donors (Lipinski definition) is 0. The van der Waals surface area contributed by atoms with Gasteiger partial charge in [0.15, 0.2) is 0 Å². The van der Waals surface area contributed by atoms with Crippen LogP contribution in [0.15, 0.2) is 47.6 Å². The standard InChI is InChI=1S/C18H23N3O3S/c1-15-3-5-17(6-4-15)25(23,24)21-11-9-20(10-12-21)18(22)13-16-7-8-19(2)14-16/h3-8,14H,9-13H2,1-2H3. The van der Waals surface area contributed by atoms with Crippen LogP contribution < -0.4 is 0 Å². The molecule has 1 aromatic carbocycles. The SMILES string of the molecule is Cc1ccc(S(=O)(=O)N2CCN(C(=O)Cc3ccn(C)c3)CC2)cc1. The summed E-state index contributed by atoms with van der Waals surface area (Å²) in [4.78, 5) is 14.4. The van der Waals surface area contributed by atoms with E-state index in [-0.39, 0.29) is 5.91 Å². The lowest BCUT2D eigenvalue weighted by molar-refractivity contribution is -0.131. The Kier molecular flexibility index (Phi) is 4.96. The van der Waals surface area contributed by atoms with E-state index in [2.05, 4.69) is 0 Å². The van der Waals surface area contributed by atoms with E-state index in [1.807, 2.05) is 37.0 Å². The molecule has 2 aromatic rings. The molecule has 0 unspecified atom stereocenters. The van der Waals surface area contributed by atoms with E-state index in [0.717, 1.165) is 11.1 Å². The van der Waals surface area contributed by atoms with Crippen molar-refractivity contribution in [2.75, 3.05) is 26.2 Å². The first-order valence-electron chi connectivity index (χ1n) is 8.32. The molecule has 0 radical (unpaired) electrons. The van der Waals surface area contributed by atoms with Gasteiger partial charge in [-0.1, -0.05) is 17.7 Å². The van der Waals surface area contributed by atoms with Gasteiger partial charge in [0.05, 0.1) is 11.3 Å². The first-order chi connectivity index (χ1) is 11.9. The van der Waals surface area contributed by atoms with E-state index in [1.54, 1.807) is 29.2 Å². The molecular weight excluding hydrogens is 338 g/mol. The van der Waals surface area contributed by atoms with Crippen molar-refractivity contribution in [2.45, 2.75) is 18.2 Å². The van der Waals surface area contributed by atoms with E-state index in [0.29, 0.717) is 37.5 Å². The average Bonchev–Trinajstić information content (AvgIpc) is 3.00. The molecule has 1 saturated heterocycles. The quantitative estimate of drug-likeness (QED) is 0.827. The van der Waals surface area contributed by atoms with Gasteiger partial charge in [-0.15, -0.1) is 0 Å². The van der Waals surface area contributed by atoms with Gasteiger partial charge in [0.2, 0.25) is 15.9 Å². The van der Waals surface area contributed by atoms with Crippen LogP contribution in [0.5, 0.6) is 0 Å². The maximum atomic E-state index is 12.7. The number of aromatic nitrogens is 1. The summed E-state index contributed by atoms with van der Waals surface area (Å²) >= 11 is 0. The second-order valence-corrected chi connectivity index (χ2v) is 8.40. The van der Waals surface area contributed by atoms with Gasteiger partial charge in [0.25, 0.3) is 0 Å². The van der Waals surface area contributed by atoms with Gasteiger partial charge < -0.3 is 9.47 Å². The Morgan fingerprint density at radius 3 is 2.24 bits per heavy atom. The van der Waals surface area contributed by atoms with E-state index in [1.165, 1.54) is 4.31 Å². The zero-order valence-electron chi connectivity index (χ0n) is 14.6. The number of hydrogen-bond acceptors (Lipinski definition) is 3. The summed E-state index contributed by atoms with van der Waals surface area (Å²) in [6.45, 7) is 3.44. The summed E-state index contributed by atoms with van der Waals surface area (Å²) in [6, 6.07) is 8.80. The normalized spacial score (nSPS) is 16.2. The van der Waals surface area contributed by atoms with Crippen molar-refractivity contribution in [1.29, 1.82) is 0 Å². The number of amides is 1. The number of rotatable bonds is 4. The predicted octanol–water partition coefficient (Wildman–Crippen LogP) is 1.41. The maximum absolute atomic E-state index is 12.7. The van der Waals surface area contributed by atoms with Crippen molar-refractivity contribution in [3.63, 3.8) is 0 Å². The first-order valence-corrected chi connectivity index (χ1v) is 9.76. The van der Waals surface area contributed by atoms with Gasteiger partial charge in [-0.05, 0) is 30.7 Å². The van der Waals surface area contributed by atoms with E-state index < -0.39 is 10.0 Å². The molecule has 1 aromatic heterocycles.